The maximum absolute atomic E-state index is 9.79. The fraction of sp³-hybridized carbons (Fsp3) is 0.750. The van der Waals surface area contributed by atoms with E-state index in [1.807, 2.05) is 0 Å². The van der Waals surface area contributed by atoms with Gasteiger partial charge in [0.1, 0.15) is 12.4 Å². The van der Waals surface area contributed by atoms with E-state index in [-0.39, 0.29) is 6.10 Å². The third kappa shape index (κ3) is 2.65. The summed E-state index contributed by atoms with van der Waals surface area (Å²) in [7, 11) is 1.48. The third-order valence-corrected chi connectivity index (χ3v) is 0.994. The van der Waals surface area contributed by atoms with Crippen molar-refractivity contribution >= 4 is 18.9 Å². The molecule has 0 aliphatic heterocycles. The van der Waals surface area contributed by atoms with Crippen molar-refractivity contribution in [2.75, 3.05) is 12.9 Å². The predicted molar refractivity (Wildman–Crippen MR) is 30.7 cm³/mol. The molecule has 0 fully saturated rings. The van der Waals surface area contributed by atoms with Gasteiger partial charge in [-0.15, -0.1) is 0 Å². The highest BCUT2D eigenvalue weighted by atomic mass is 32.1. The van der Waals surface area contributed by atoms with E-state index in [9.17, 15) is 4.79 Å². The Balaban J connectivity index is 3.16. The van der Waals surface area contributed by atoms with Crippen LogP contribution in [0.3, 0.4) is 0 Å². The predicted octanol–water partition coefficient (Wildman–Crippen LogP) is 0.130. The standard InChI is InChI=1S/C4H8O2S/c1-6-4(2-5)3-7/h2,4,7H,3H2,1H3. The van der Waals surface area contributed by atoms with Gasteiger partial charge < -0.3 is 9.53 Å². The Labute approximate surface area is 48.3 Å². The lowest BCUT2D eigenvalue weighted by molar-refractivity contribution is -0.115. The number of carbonyl (C=O) groups excluding carboxylic acids is 1. The number of ether oxygens (including phenoxy) is 1. The minimum atomic E-state index is -0.330. The van der Waals surface area contributed by atoms with E-state index in [1.54, 1.807) is 0 Å². The van der Waals surface area contributed by atoms with Crippen LogP contribution < -0.4 is 0 Å². The summed E-state index contributed by atoms with van der Waals surface area (Å²) in [4.78, 5) is 9.79. The first kappa shape index (κ1) is 6.98. The number of hydrogen-bond acceptors (Lipinski definition) is 3. The van der Waals surface area contributed by atoms with Gasteiger partial charge in [0.25, 0.3) is 0 Å². The molecule has 42 valence electrons. The molecule has 0 aromatic heterocycles. The van der Waals surface area contributed by atoms with E-state index in [4.69, 9.17) is 0 Å². The molecule has 0 aromatic rings. The number of carbonyl (C=O) groups is 1. The second-order valence-electron chi connectivity index (χ2n) is 1.09. The first-order chi connectivity index (χ1) is 3.35. The summed E-state index contributed by atoms with van der Waals surface area (Å²) < 4.78 is 4.60. The van der Waals surface area contributed by atoms with Crippen LogP contribution in [-0.2, 0) is 9.53 Å². The van der Waals surface area contributed by atoms with Crippen LogP contribution in [-0.4, -0.2) is 25.3 Å². The second-order valence-corrected chi connectivity index (χ2v) is 1.46. The average Bonchev–Trinajstić information content (AvgIpc) is 1.72. The van der Waals surface area contributed by atoms with Crippen molar-refractivity contribution in [3.8, 4) is 0 Å². The van der Waals surface area contributed by atoms with Crippen molar-refractivity contribution in [3.63, 3.8) is 0 Å². The Morgan fingerprint density at radius 2 is 2.57 bits per heavy atom. The van der Waals surface area contributed by atoms with Crippen molar-refractivity contribution < 1.29 is 9.53 Å². The molecular formula is C4H8O2S. The van der Waals surface area contributed by atoms with Crippen molar-refractivity contribution in [2.45, 2.75) is 6.10 Å². The molecule has 3 heteroatoms. The molecule has 0 saturated carbocycles. The van der Waals surface area contributed by atoms with Gasteiger partial charge in [-0.3, -0.25) is 0 Å². The summed E-state index contributed by atoms with van der Waals surface area (Å²) in [5.74, 6) is 0.458. The van der Waals surface area contributed by atoms with Crippen LogP contribution in [0.15, 0.2) is 0 Å². The first-order valence-electron chi connectivity index (χ1n) is 1.94. The average molecular weight is 120 g/mol. The lowest BCUT2D eigenvalue weighted by atomic mass is 10.5. The molecule has 0 saturated heterocycles. The smallest absolute Gasteiger partial charge is 0.149 e. The van der Waals surface area contributed by atoms with E-state index in [2.05, 4.69) is 17.4 Å². The monoisotopic (exact) mass is 120 g/mol. The van der Waals surface area contributed by atoms with Gasteiger partial charge in [-0.05, 0) is 0 Å². The van der Waals surface area contributed by atoms with Gasteiger partial charge >= 0.3 is 0 Å². The molecular weight excluding hydrogens is 112 g/mol. The molecule has 7 heavy (non-hydrogen) atoms. The summed E-state index contributed by atoms with van der Waals surface area (Å²) in [6, 6.07) is 0. The molecule has 0 aliphatic carbocycles. The molecule has 2 nitrogen and oxygen atoms in total. The first-order valence-corrected chi connectivity index (χ1v) is 2.57. The van der Waals surface area contributed by atoms with E-state index in [0.717, 1.165) is 6.29 Å². The Morgan fingerprint density at radius 3 is 2.57 bits per heavy atom. The third-order valence-electron chi connectivity index (χ3n) is 0.634. The number of thiol groups is 1. The van der Waals surface area contributed by atoms with Crippen LogP contribution in [0, 0.1) is 0 Å². The molecule has 0 aliphatic rings. The number of hydrogen-bond donors (Lipinski definition) is 1. The summed E-state index contributed by atoms with van der Waals surface area (Å²) in [5, 5.41) is 0. The topological polar surface area (TPSA) is 26.3 Å². The van der Waals surface area contributed by atoms with E-state index < -0.39 is 0 Å². The zero-order valence-corrected chi connectivity index (χ0v) is 5.02. The van der Waals surface area contributed by atoms with Crippen LogP contribution in [0.4, 0.5) is 0 Å². The summed E-state index contributed by atoms with van der Waals surface area (Å²) >= 11 is 3.82. The zero-order chi connectivity index (χ0) is 5.70. The van der Waals surface area contributed by atoms with Crippen LogP contribution in [0.5, 0.6) is 0 Å². The maximum Gasteiger partial charge on any atom is 0.149 e. The molecule has 0 amide bonds. The van der Waals surface area contributed by atoms with Crippen LogP contribution in [0.25, 0.3) is 0 Å². The van der Waals surface area contributed by atoms with Gasteiger partial charge in [-0.25, -0.2) is 0 Å². The molecule has 0 radical (unpaired) electrons. The second kappa shape index (κ2) is 4.15. The molecule has 1 unspecified atom stereocenters. The number of aldehydes is 1. The normalized spacial score (nSPS) is 13.4. The van der Waals surface area contributed by atoms with E-state index >= 15 is 0 Å². The highest BCUT2D eigenvalue weighted by Gasteiger charge is 1.97. The minimum absolute atomic E-state index is 0.330. The summed E-state index contributed by atoms with van der Waals surface area (Å²) in [6.07, 6.45) is 0.399. The minimum Gasteiger partial charge on any atom is -0.373 e. The molecule has 0 aromatic carbocycles. The summed E-state index contributed by atoms with van der Waals surface area (Å²) in [6.45, 7) is 0. The molecule has 0 N–H and O–H groups in total. The molecule has 0 heterocycles. The van der Waals surface area contributed by atoms with Crippen LogP contribution >= 0.6 is 12.6 Å². The zero-order valence-electron chi connectivity index (χ0n) is 4.13. The highest BCUT2D eigenvalue weighted by Crippen LogP contribution is 1.85. The quantitative estimate of drug-likeness (QED) is 0.423. The van der Waals surface area contributed by atoms with E-state index in [1.165, 1.54) is 7.11 Å². The fourth-order valence-electron chi connectivity index (χ4n) is 0.173. The maximum atomic E-state index is 9.79. The summed E-state index contributed by atoms with van der Waals surface area (Å²) in [5.41, 5.74) is 0. The van der Waals surface area contributed by atoms with Gasteiger partial charge in [0.15, 0.2) is 0 Å². The molecule has 0 bridgehead atoms. The van der Waals surface area contributed by atoms with Gasteiger partial charge in [0, 0.05) is 12.9 Å². The van der Waals surface area contributed by atoms with Gasteiger partial charge in [0.2, 0.25) is 0 Å². The van der Waals surface area contributed by atoms with Gasteiger partial charge in [-0.1, -0.05) is 0 Å². The van der Waals surface area contributed by atoms with Crippen molar-refractivity contribution in [3.05, 3.63) is 0 Å². The van der Waals surface area contributed by atoms with E-state index in [0.29, 0.717) is 5.75 Å². The molecule has 1 atom stereocenters. The SMILES string of the molecule is COC(C=O)CS. The Kier molecular flexibility index (Phi) is 4.14. The number of methoxy groups -OCH3 is 1. The molecule has 0 rings (SSSR count). The Bertz CT molecular complexity index is 51.7. The van der Waals surface area contributed by atoms with Crippen molar-refractivity contribution in [1.82, 2.24) is 0 Å². The Hall–Kier alpha value is -0.0200. The van der Waals surface area contributed by atoms with Gasteiger partial charge in [-0.2, -0.15) is 12.6 Å². The van der Waals surface area contributed by atoms with Gasteiger partial charge in [0.05, 0.1) is 0 Å². The van der Waals surface area contributed by atoms with Crippen molar-refractivity contribution in [1.29, 1.82) is 0 Å². The highest BCUT2D eigenvalue weighted by molar-refractivity contribution is 7.80. The number of rotatable bonds is 3. The van der Waals surface area contributed by atoms with Crippen LogP contribution in [0.1, 0.15) is 0 Å². The fourth-order valence-corrected chi connectivity index (χ4v) is 0.408. The molecule has 0 spiro atoms. The van der Waals surface area contributed by atoms with Crippen LogP contribution in [0.2, 0.25) is 0 Å². The van der Waals surface area contributed by atoms with Crippen molar-refractivity contribution in [2.24, 2.45) is 0 Å². The largest absolute Gasteiger partial charge is 0.373 e. The lowest BCUT2D eigenvalue weighted by Gasteiger charge is -1.99. The Morgan fingerprint density at radius 1 is 2.00 bits per heavy atom. The lowest BCUT2D eigenvalue weighted by Crippen LogP contribution is -2.12.